The molecule has 3 aliphatic rings. The Morgan fingerprint density at radius 2 is 2.04 bits per heavy atom. The highest BCUT2D eigenvalue weighted by Gasteiger charge is 2.49. The molecular weight excluding hydrogens is 360 g/mol. The number of nitrogens with zero attached hydrogens (tertiary/aromatic N) is 4. The maximum atomic E-state index is 13.0. The fourth-order valence-electron chi connectivity index (χ4n) is 4.11. The summed E-state index contributed by atoms with van der Waals surface area (Å²) in [5.74, 6) is 0.819. The van der Waals surface area contributed by atoms with E-state index >= 15 is 0 Å². The van der Waals surface area contributed by atoms with Crippen LogP contribution in [0.5, 0.6) is 0 Å². The summed E-state index contributed by atoms with van der Waals surface area (Å²) in [6, 6.07) is -0.309. The molecule has 134 valence electrons. The van der Waals surface area contributed by atoms with E-state index in [0.717, 1.165) is 18.1 Å². The van der Waals surface area contributed by atoms with E-state index in [1.807, 2.05) is 16.0 Å². The minimum atomic E-state index is -3.10. The molecule has 0 spiro atoms. The largest absolute Gasteiger partial charge is 0.330 e. The highest BCUT2D eigenvalue weighted by Crippen LogP contribution is 2.34. The summed E-state index contributed by atoms with van der Waals surface area (Å²) >= 11 is 1.48. The number of piperazine rings is 1. The monoisotopic (exact) mass is 380 g/mol. The predicted octanol–water partition coefficient (Wildman–Crippen LogP) is 0.729. The number of amides is 1. The van der Waals surface area contributed by atoms with Crippen molar-refractivity contribution in [2.45, 2.75) is 24.9 Å². The molecule has 1 saturated carbocycles. The molecule has 2 aromatic rings. The molecule has 1 amide bonds. The molecule has 0 aromatic carbocycles. The van der Waals surface area contributed by atoms with Gasteiger partial charge < -0.3 is 4.90 Å². The van der Waals surface area contributed by atoms with Gasteiger partial charge in [0, 0.05) is 43.4 Å². The van der Waals surface area contributed by atoms with E-state index in [4.69, 9.17) is 0 Å². The van der Waals surface area contributed by atoms with Crippen LogP contribution in [0.25, 0.3) is 4.96 Å². The summed E-state index contributed by atoms with van der Waals surface area (Å²) in [7, 11) is -3.10. The van der Waals surface area contributed by atoms with Crippen LogP contribution in [0.3, 0.4) is 0 Å². The Hall–Kier alpha value is -1.45. The molecule has 25 heavy (non-hydrogen) atoms. The van der Waals surface area contributed by atoms with E-state index < -0.39 is 9.84 Å². The summed E-state index contributed by atoms with van der Waals surface area (Å²) in [4.78, 5) is 22.3. The molecule has 2 aliphatic heterocycles. The molecule has 3 fully saturated rings. The summed E-state index contributed by atoms with van der Waals surface area (Å²) in [5.41, 5.74) is 0.408. The van der Waals surface area contributed by atoms with Crippen LogP contribution in [0.2, 0.25) is 0 Å². The van der Waals surface area contributed by atoms with Crippen LogP contribution in [0, 0.1) is 5.92 Å². The van der Waals surface area contributed by atoms with Crippen LogP contribution in [0.15, 0.2) is 17.8 Å². The number of aromatic nitrogens is 2. The molecule has 2 aromatic heterocycles. The molecule has 5 rings (SSSR count). The van der Waals surface area contributed by atoms with E-state index in [-0.39, 0.29) is 29.5 Å². The van der Waals surface area contributed by atoms with Gasteiger partial charge in [0.15, 0.2) is 14.8 Å². The SMILES string of the molecule is O=C(c1cn2ccsc2n1)N1CCN(CC2CC2)[C@@H]2CS(=O)(=O)C[C@@H]21. The maximum Gasteiger partial charge on any atom is 0.274 e. The fraction of sp³-hybridized carbons (Fsp3) is 0.625. The number of thiazole rings is 1. The van der Waals surface area contributed by atoms with Crippen molar-refractivity contribution in [2.75, 3.05) is 31.1 Å². The lowest BCUT2D eigenvalue weighted by molar-refractivity contribution is 0.0314. The van der Waals surface area contributed by atoms with Crippen LogP contribution in [0.4, 0.5) is 0 Å². The van der Waals surface area contributed by atoms with Crippen molar-refractivity contribution in [1.82, 2.24) is 19.2 Å². The van der Waals surface area contributed by atoms with Gasteiger partial charge in [-0.25, -0.2) is 13.4 Å². The fourth-order valence-corrected chi connectivity index (χ4v) is 6.83. The Bertz CT molecular complexity index is 902. The Balaban J connectivity index is 1.43. The standard InChI is InChI=1S/C16H20N4O3S2/c21-15(12-8-19-5-6-24-16(19)17-12)20-4-3-18(7-11-1-2-11)13-9-25(22,23)10-14(13)20/h5-6,8,11,13-14H,1-4,7,9-10H2/t13-,14+/m1/s1. The van der Waals surface area contributed by atoms with E-state index in [2.05, 4.69) is 9.88 Å². The quantitative estimate of drug-likeness (QED) is 0.785. The lowest BCUT2D eigenvalue weighted by Crippen LogP contribution is -2.60. The van der Waals surface area contributed by atoms with Gasteiger partial charge in [-0.2, -0.15) is 0 Å². The zero-order valence-electron chi connectivity index (χ0n) is 13.7. The molecule has 0 radical (unpaired) electrons. The molecule has 2 atom stereocenters. The van der Waals surface area contributed by atoms with Crippen molar-refractivity contribution in [3.63, 3.8) is 0 Å². The third kappa shape index (κ3) is 2.78. The second-order valence-corrected chi connectivity index (χ2v) is 10.4. The van der Waals surface area contributed by atoms with Gasteiger partial charge in [0.05, 0.1) is 17.5 Å². The molecule has 7 nitrogen and oxygen atoms in total. The van der Waals surface area contributed by atoms with E-state index in [1.165, 1.54) is 24.2 Å². The maximum absolute atomic E-state index is 13.0. The zero-order chi connectivity index (χ0) is 17.2. The number of carbonyl (C=O) groups is 1. The smallest absolute Gasteiger partial charge is 0.274 e. The first kappa shape index (κ1) is 15.8. The van der Waals surface area contributed by atoms with Crippen LogP contribution in [-0.4, -0.2) is 76.7 Å². The molecule has 4 heterocycles. The van der Waals surface area contributed by atoms with Gasteiger partial charge in [-0.05, 0) is 18.8 Å². The normalized spacial score (nSPS) is 29.2. The molecule has 9 heteroatoms. The van der Waals surface area contributed by atoms with Gasteiger partial charge >= 0.3 is 0 Å². The van der Waals surface area contributed by atoms with Crippen LogP contribution in [0.1, 0.15) is 23.3 Å². The van der Waals surface area contributed by atoms with Crippen molar-refractivity contribution in [3.05, 3.63) is 23.5 Å². The van der Waals surface area contributed by atoms with Crippen LogP contribution < -0.4 is 0 Å². The number of carbonyl (C=O) groups excluding carboxylic acids is 1. The zero-order valence-corrected chi connectivity index (χ0v) is 15.4. The Morgan fingerprint density at radius 1 is 1.24 bits per heavy atom. The summed E-state index contributed by atoms with van der Waals surface area (Å²) < 4.78 is 26.4. The Morgan fingerprint density at radius 3 is 2.80 bits per heavy atom. The Labute approximate surface area is 150 Å². The first-order chi connectivity index (χ1) is 12.0. The van der Waals surface area contributed by atoms with Gasteiger partial charge in [0.2, 0.25) is 0 Å². The molecular formula is C16H20N4O3S2. The number of sulfone groups is 1. The van der Waals surface area contributed by atoms with E-state index in [9.17, 15) is 13.2 Å². The molecule has 2 saturated heterocycles. The van der Waals surface area contributed by atoms with Gasteiger partial charge in [0.25, 0.3) is 5.91 Å². The first-order valence-electron chi connectivity index (χ1n) is 8.68. The molecule has 0 unspecified atom stereocenters. The van der Waals surface area contributed by atoms with Gasteiger partial charge in [-0.15, -0.1) is 11.3 Å². The highest BCUT2D eigenvalue weighted by molar-refractivity contribution is 7.91. The van der Waals surface area contributed by atoms with Gasteiger partial charge in [0.1, 0.15) is 5.69 Å². The second-order valence-electron chi connectivity index (χ2n) is 7.37. The number of imidazole rings is 1. The van der Waals surface area contributed by atoms with Gasteiger partial charge in [-0.1, -0.05) is 0 Å². The first-order valence-corrected chi connectivity index (χ1v) is 11.4. The molecule has 1 aliphatic carbocycles. The minimum Gasteiger partial charge on any atom is -0.330 e. The molecule has 0 bridgehead atoms. The number of fused-ring (bicyclic) bond motifs is 2. The third-order valence-electron chi connectivity index (χ3n) is 5.55. The number of hydrogen-bond donors (Lipinski definition) is 0. The Kier molecular flexibility index (Phi) is 3.48. The summed E-state index contributed by atoms with van der Waals surface area (Å²) in [6.45, 7) is 2.30. The van der Waals surface area contributed by atoms with Crippen molar-refractivity contribution in [3.8, 4) is 0 Å². The van der Waals surface area contributed by atoms with Gasteiger partial charge in [-0.3, -0.25) is 14.1 Å². The number of hydrogen-bond acceptors (Lipinski definition) is 6. The van der Waals surface area contributed by atoms with E-state index in [0.29, 0.717) is 18.2 Å². The average molecular weight is 380 g/mol. The van der Waals surface area contributed by atoms with Crippen molar-refractivity contribution in [1.29, 1.82) is 0 Å². The van der Waals surface area contributed by atoms with Crippen molar-refractivity contribution >= 4 is 32.0 Å². The van der Waals surface area contributed by atoms with E-state index in [1.54, 1.807) is 11.1 Å². The second kappa shape index (κ2) is 5.52. The number of rotatable bonds is 3. The van der Waals surface area contributed by atoms with Crippen molar-refractivity contribution in [2.24, 2.45) is 5.92 Å². The molecule has 0 N–H and O–H groups in total. The average Bonchev–Trinajstić information content (AvgIpc) is 2.97. The third-order valence-corrected chi connectivity index (χ3v) is 8.02. The highest BCUT2D eigenvalue weighted by atomic mass is 32.2. The summed E-state index contributed by atoms with van der Waals surface area (Å²) in [6.07, 6.45) is 6.10. The van der Waals surface area contributed by atoms with Crippen molar-refractivity contribution < 1.29 is 13.2 Å². The lowest BCUT2D eigenvalue weighted by atomic mass is 10.0. The van der Waals surface area contributed by atoms with Crippen LogP contribution in [-0.2, 0) is 9.84 Å². The lowest BCUT2D eigenvalue weighted by Gasteiger charge is -2.43. The van der Waals surface area contributed by atoms with Crippen LogP contribution >= 0.6 is 11.3 Å². The topological polar surface area (TPSA) is 75.0 Å². The predicted molar refractivity (Wildman–Crippen MR) is 94.6 cm³/mol. The summed E-state index contributed by atoms with van der Waals surface area (Å²) in [5, 5.41) is 1.92. The minimum absolute atomic E-state index is 0.0629.